The van der Waals surface area contributed by atoms with E-state index in [0.717, 1.165) is 28.5 Å². The average Bonchev–Trinajstić information content (AvgIpc) is 2.59. The molecule has 0 unspecified atom stereocenters. The van der Waals surface area contributed by atoms with Gasteiger partial charge in [0.1, 0.15) is 0 Å². The van der Waals surface area contributed by atoms with Gasteiger partial charge in [-0.2, -0.15) is 0 Å². The smallest absolute Gasteiger partial charge is 0.252 e. The molecule has 0 bridgehead atoms. The molecule has 1 aliphatic carbocycles. The third-order valence-corrected chi connectivity index (χ3v) is 5.22. The lowest BCUT2D eigenvalue weighted by molar-refractivity contribution is 0.203. The molecule has 1 heterocycles. The maximum absolute atomic E-state index is 12.3. The van der Waals surface area contributed by atoms with Crippen molar-refractivity contribution in [3.05, 3.63) is 45.7 Å². The van der Waals surface area contributed by atoms with Crippen LogP contribution in [0, 0.1) is 12.8 Å². The van der Waals surface area contributed by atoms with Crippen molar-refractivity contribution in [1.82, 2.24) is 10.3 Å². The molecule has 2 aromatic rings. The van der Waals surface area contributed by atoms with Gasteiger partial charge in [0.25, 0.3) is 5.56 Å². The molecule has 1 aliphatic rings. The molecule has 130 valence electrons. The van der Waals surface area contributed by atoms with Gasteiger partial charge in [-0.3, -0.25) is 4.79 Å². The first kappa shape index (κ1) is 17.2. The van der Waals surface area contributed by atoms with Gasteiger partial charge in [0.05, 0.1) is 6.61 Å². The molecule has 1 saturated carbocycles. The van der Waals surface area contributed by atoms with E-state index < -0.39 is 0 Å². The van der Waals surface area contributed by atoms with Crippen LogP contribution in [-0.2, 0) is 6.54 Å². The van der Waals surface area contributed by atoms with Crippen molar-refractivity contribution in [2.45, 2.75) is 58.0 Å². The van der Waals surface area contributed by atoms with Crippen LogP contribution < -0.4 is 10.9 Å². The number of aliphatic hydroxyl groups is 1. The number of rotatable bonds is 6. The van der Waals surface area contributed by atoms with E-state index in [2.05, 4.69) is 16.4 Å². The summed E-state index contributed by atoms with van der Waals surface area (Å²) in [7, 11) is 0. The first-order valence-electron chi connectivity index (χ1n) is 9.12. The third-order valence-electron chi connectivity index (χ3n) is 5.22. The Labute approximate surface area is 143 Å². The Bertz CT molecular complexity index is 732. The van der Waals surface area contributed by atoms with E-state index in [-0.39, 0.29) is 18.2 Å². The first-order valence-corrected chi connectivity index (χ1v) is 9.12. The summed E-state index contributed by atoms with van der Waals surface area (Å²) < 4.78 is 0. The highest BCUT2D eigenvalue weighted by molar-refractivity contribution is 5.79. The van der Waals surface area contributed by atoms with Crippen molar-refractivity contribution in [2.24, 2.45) is 5.92 Å². The van der Waals surface area contributed by atoms with Gasteiger partial charge in [0, 0.05) is 23.7 Å². The van der Waals surface area contributed by atoms with Crippen LogP contribution in [0.3, 0.4) is 0 Å². The number of aliphatic hydroxyl groups excluding tert-OH is 1. The van der Waals surface area contributed by atoms with Crippen molar-refractivity contribution in [3.8, 4) is 0 Å². The Morgan fingerprint density at radius 1 is 1.25 bits per heavy atom. The number of aromatic amines is 1. The van der Waals surface area contributed by atoms with Gasteiger partial charge in [0.15, 0.2) is 0 Å². The highest BCUT2D eigenvalue weighted by atomic mass is 16.3. The topological polar surface area (TPSA) is 65.1 Å². The van der Waals surface area contributed by atoms with E-state index in [9.17, 15) is 9.90 Å². The highest BCUT2D eigenvalue weighted by Crippen LogP contribution is 2.27. The maximum Gasteiger partial charge on any atom is 0.252 e. The third kappa shape index (κ3) is 4.25. The van der Waals surface area contributed by atoms with E-state index in [0.29, 0.717) is 12.5 Å². The molecule has 4 heteroatoms. The lowest BCUT2D eigenvalue weighted by Gasteiger charge is -2.26. The maximum atomic E-state index is 12.3. The van der Waals surface area contributed by atoms with Crippen LogP contribution in [0.15, 0.2) is 29.1 Å². The van der Waals surface area contributed by atoms with Crippen molar-refractivity contribution in [2.75, 3.05) is 6.61 Å². The summed E-state index contributed by atoms with van der Waals surface area (Å²) in [6.45, 7) is 2.64. The molecule has 0 radical (unpaired) electrons. The van der Waals surface area contributed by atoms with Crippen molar-refractivity contribution >= 4 is 10.9 Å². The molecule has 24 heavy (non-hydrogen) atoms. The number of H-pyrrole nitrogens is 1. The summed E-state index contributed by atoms with van der Waals surface area (Å²) in [6, 6.07) is 8.11. The Kier molecular flexibility index (Phi) is 5.69. The Balaban J connectivity index is 1.66. The number of aromatic nitrogens is 1. The SMILES string of the molecule is Cc1ccc2cc(CN[C@H](CO)CC3CCCCC3)c(=O)[nH]c2c1. The van der Waals surface area contributed by atoms with E-state index in [1.54, 1.807) is 0 Å². The van der Waals surface area contributed by atoms with Crippen LogP contribution in [-0.4, -0.2) is 22.7 Å². The summed E-state index contributed by atoms with van der Waals surface area (Å²) in [5, 5.41) is 14.1. The Morgan fingerprint density at radius 2 is 2.04 bits per heavy atom. The number of hydrogen-bond acceptors (Lipinski definition) is 3. The second kappa shape index (κ2) is 7.95. The fraction of sp³-hybridized carbons (Fsp3) is 0.550. The van der Waals surface area contributed by atoms with Crippen LogP contribution in [0.25, 0.3) is 10.9 Å². The molecular formula is C20H28N2O2. The first-order chi connectivity index (χ1) is 11.7. The number of fused-ring (bicyclic) bond motifs is 1. The van der Waals surface area contributed by atoms with E-state index in [1.165, 1.54) is 32.1 Å². The number of pyridine rings is 1. The summed E-state index contributed by atoms with van der Waals surface area (Å²) in [5.41, 5.74) is 2.70. The minimum atomic E-state index is -0.0463. The number of hydrogen-bond donors (Lipinski definition) is 3. The molecule has 1 aromatic carbocycles. The minimum Gasteiger partial charge on any atom is -0.395 e. The van der Waals surface area contributed by atoms with Crippen molar-refractivity contribution in [1.29, 1.82) is 0 Å². The van der Waals surface area contributed by atoms with E-state index in [1.807, 2.05) is 25.1 Å². The van der Waals surface area contributed by atoms with Gasteiger partial charge >= 0.3 is 0 Å². The molecule has 1 aromatic heterocycles. The number of benzene rings is 1. The number of nitrogens with one attached hydrogen (secondary N) is 2. The zero-order chi connectivity index (χ0) is 16.9. The van der Waals surface area contributed by atoms with Gasteiger partial charge in [0.2, 0.25) is 0 Å². The summed E-state index contributed by atoms with van der Waals surface area (Å²) in [6.07, 6.45) is 7.52. The standard InChI is InChI=1S/C20H28N2O2/c1-14-7-8-16-11-17(20(24)22-19(16)9-14)12-21-18(13-23)10-15-5-3-2-4-6-15/h7-9,11,15,18,21,23H,2-6,10,12-13H2,1H3,(H,22,24)/t18-/m0/s1. The zero-order valence-corrected chi connectivity index (χ0v) is 14.5. The van der Waals surface area contributed by atoms with E-state index in [4.69, 9.17) is 0 Å². The van der Waals surface area contributed by atoms with Gasteiger partial charge in [-0.1, -0.05) is 44.2 Å². The fourth-order valence-corrected chi connectivity index (χ4v) is 3.79. The summed E-state index contributed by atoms with van der Waals surface area (Å²) in [5.74, 6) is 0.710. The predicted octanol–water partition coefficient (Wildman–Crippen LogP) is 3.26. The molecule has 0 saturated heterocycles. The van der Waals surface area contributed by atoms with Gasteiger partial charge in [-0.05, 0) is 42.3 Å². The molecule has 0 amide bonds. The second-order valence-corrected chi connectivity index (χ2v) is 7.21. The lowest BCUT2D eigenvalue weighted by Crippen LogP contribution is -2.35. The Morgan fingerprint density at radius 3 is 2.79 bits per heavy atom. The van der Waals surface area contributed by atoms with Crippen LogP contribution in [0.1, 0.15) is 49.7 Å². The predicted molar refractivity (Wildman–Crippen MR) is 98.2 cm³/mol. The second-order valence-electron chi connectivity index (χ2n) is 7.21. The molecular weight excluding hydrogens is 300 g/mol. The molecule has 1 atom stereocenters. The fourth-order valence-electron chi connectivity index (χ4n) is 3.79. The Hall–Kier alpha value is -1.65. The average molecular weight is 328 g/mol. The minimum absolute atomic E-state index is 0.0463. The summed E-state index contributed by atoms with van der Waals surface area (Å²) in [4.78, 5) is 15.2. The van der Waals surface area contributed by atoms with Crippen LogP contribution >= 0.6 is 0 Å². The molecule has 3 N–H and O–H groups in total. The van der Waals surface area contributed by atoms with Crippen LogP contribution in [0.5, 0.6) is 0 Å². The largest absolute Gasteiger partial charge is 0.395 e. The quantitative estimate of drug-likeness (QED) is 0.762. The summed E-state index contributed by atoms with van der Waals surface area (Å²) >= 11 is 0. The lowest BCUT2D eigenvalue weighted by atomic mass is 9.85. The zero-order valence-electron chi connectivity index (χ0n) is 14.5. The molecule has 0 spiro atoms. The highest BCUT2D eigenvalue weighted by Gasteiger charge is 2.18. The van der Waals surface area contributed by atoms with Crippen LogP contribution in [0.2, 0.25) is 0 Å². The van der Waals surface area contributed by atoms with Gasteiger partial charge in [-0.25, -0.2) is 0 Å². The molecule has 0 aliphatic heterocycles. The van der Waals surface area contributed by atoms with Gasteiger partial charge < -0.3 is 15.4 Å². The monoisotopic (exact) mass is 328 g/mol. The number of aryl methyl sites for hydroxylation is 1. The van der Waals surface area contributed by atoms with Crippen molar-refractivity contribution < 1.29 is 5.11 Å². The van der Waals surface area contributed by atoms with Crippen molar-refractivity contribution in [3.63, 3.8) is 0 Å². The molecule has 4 nitrogen and oxygen atoms in total. The van der Waals surface area contributed by atoms with Crippen LogP contribution in [0.4, 0.5) is 0 Å². The molecule has 3 rings (SSSR count). The van der Waals surface area contributed by atoms with E-state index >= 15 is 0 Å². The molecule has 1 fully saturated rings. The van der Waals surface area contributed by atoms with Gasteiger partial charge in [-0.15, -0.1) is 0 Å². The normalized spacial score (nSPS) is 17.2.